The summed E-state index contributed by atoms with van der Waals surface area (Å²) in [5.41, 5.74) is 4.93. The zero-order valence-corrected chi connectivity index (χ0v) is 20.6. The third kappa shape index (κ3) is 4.45. The number of ether oxygens (including phenoxy) is 2. The second-order valence-corrected chi connectivity index (χ2v) is 9.81. The Hall–Kier alpha value is -2.98. The molecule has 1 aliphatic rings. The van der Waals surface area contributed by atoms with Gasteiger partial charge >= 0.3 is 0 Å². The van der Waals surface area contributed by atoms with Crippen LogP contribution < -0.4 is 9.47 Å². The van der Waals surface area contributed by atoms with Crippen LogP contribution in [0.15, 0.2) is 60.7 Å². The second kappa shape index (κ2) is 9.11. The monoisotopic (exact) mass is 463 g/mol. The Morgan fingerprint density at radius 3 is 2.18 bits per heavy atom. The lowest BCUT2D eigenvalue weighted by Gasteiger charge is -2.38. The molecule has 172 valence electrons. The molecule has 0 saturated heterocycles. The summed E-state index contributed by atoms with van der Waals surface area (Å²) >= 11 is 6.65. The predicted octanol–water partition coefficient (Wildman–Crippen LogP) is 6.44. The Morgan fingerprint density at radius 2 is 1.58 bits per heavy atom. The number of amides is 1. The molecule has 1 heterocycles. The molecule has 0 aliphatic carbocycles. The van der Waals surface area contributed by atoms with Crippen molar-refractivity contribution < 1.29 is 14.3 Å². The van der Waals surface area contributed by atoms with Crippen molar-refractivity contribution in [3.8, 4) is 11.5 Å². The van der Waals surface area contributed by atoms with Crippen LogP contribution in [-0.2, 0) is 11.8 Å². The van der Waals surface area contributed by atoms with Gasteiger partial charge in [-0.1, -0.05) is 62.7 Å². The summed E-state index contributed by atoms with van der Waals surface area (Å²) in [6.45, 7) is 7.08. The Balaban J connectivity index is 1.81. The predicted molar refractivity (Wildman–Crippen MR) is 133 cm³/mol. The summed E-state index contributed by atoms with van der Waals surface area (Å²) in [4.78, 5) is 15.7. The summed E-state index contributed by atoms with van der Waals surface area (Å²) in [7, 11) is 3.26. The molecule has 4 nitrogen and oxygen atoms in total. The molecule has 3 aromatic carbocycles. The normalized spacial score (nSPS) is 15.7. The first-order chi connectivity index (χ1) is 15.7. The maximum Gasteiger partial charge on any atom is 0.254 e. The van der Waals surface area contributed by atoms with E-state index in [-0.39, 0.29) is 17.4 Å². The molecule has 0 unspecified atom stereocenters. The molecule has 5 heteroatoms. The first-order valence-corrected chi connectivity index (χ1v) is 11.5. The van der Waals surface area contributed by atoms with Gasteiger partial charge in [-0.05, 0) is 64.4 Å². The van der Waals surface area contributed by atoms with Crippen molar-refractivity contribution >= 4 is 17.5 Å². The zero-order valence-electron chi connectivity index (χ0n) is 19.8. The summed E-state index contributed by atoms with van der Waals surface area (Å²) in [5, 5.41) is 0.631. The summed E-state index contributed by atoms with van der Waals surface area (Å²) in [6, 6.07) is 19.3. The van der Waals surface area contributed by atoms with E-state index in [2.05, 4.69) is 20.8 Å². The number of hydrogen-bond acceptors (Lipinski definition) is 3. The van der Waals surface area contributed by atoms with Gasteiger partial charge in [0.15, 0.2) is 11.5 Å². The van der Waals surface area contributed by atoms with Crippen molar-refractivity contribution in [1.82, 2.24) is 4.90 Å². The van der Waals surface area contributed by atoms with Gasteiger partial charge in [0.25, 0.3) is 5.91 Å². The van der Waals surface area contributed by atoms with E-state index in [1.807, 2.05) is 65.6 Å². The summed E-state index contributed by atoms with van der Waals surface area (Å²) in [6.07, 6.45) is 0.725. The minimum atomic E-state index is -0.322. The lowest BCUT2D eigenvalue weighted by molar-refractivity contribution is 0.0694. The van der Waals surface area contributed by atoms with Crippen molar-refractivity contribution in [3.63, 3.8) is 0 Å². The molecule has 0 N–H and O–H groups in total. The molecule has 0 spiro atoms. The van der Waals surface area contributed by atoms with E-state index in [0.29, 0.717) is 28.6 Å². The first-order valence-electron chi connectivity index (χ1n) is 11.2. The molecule has 3 aromatic rings. The largest absolute Gasteiger partial charge is 0.493 e. The van der Waals surface area contributed by atoms with Gasteiger partial charge in [-0.25, -0.2) is 0 Å². The van der Waals surface area contributed by atoms with Crippen LogP contribution in [-0.4, -0.2) is 31.6 Å². The van der Waals surface area contributed by atoms with E-state index in [0.717, 1.165) is 23.1 Å². The maximum atomic E-state index is 13.8. The van der Waals surface area contributed by atoms with Crippen LogP contribution in [0.5, 0.6) is 11.5 Å². The minimum absolute atomic E-state index is 0.0131. The lowest BCUT2D eigenvalue weighted by atomic mass is 9.85. The smallest absolute Gasteiger partial charge is 0.254 e. The number of methoxy groups -OCH3 is 2. The molecule has 33 heavy (non-hydrogen) atoms. The van der Waals surface area contributed by atoms with E-state index >= 15 is 0 Å². The molecule has 0 bridgehead atoms. The number of carbonyl (C=O) groups is 1. The first kappa shape index (κ1) is 23.2. The molecule has 1 aliphatic heterocycles. The van der Waals surface area contributed by atoms with E-state index in [9.17, 15) is 4.79 Å². The topological polar surface area (TPSA) is 38.8 Å². The Labute approximate surface area is 201 Å². The number of halogens is 1. The van der Waals surface area contributed by atoms with Crippen LogP contribution in [0.3, 0.4) is 0 Å². The minimum Gasteiger partial charge on any atom is -0.493 e. The van der Waals surface area contributed by atoms with Crippen LogP contribution >= 0.6 is 11.6 Å². The van der Waals surface area contributed by atoms with Gasteiger partial charge in [-0.2, -0.15) is 0 Å². The van der Waals surface area contributed by atoms with Crippen molar-refractivity contribution in [1.29, 1.82) is 0 Å². The number of hydrogen-bond donors (Lipinski definition) is 0. The fourth-order valence-corrected chi connectivity index (χ4v) is 4.71. The van der Waals surface area contributed by atoms with Crippen molar-refractivity contribution in [2.24, 2.45) is 0 Å². The highest BCUT2D eigenvalue weighted by Crippen LogP contribution is 2.43. The van der Waals surface area contributed by atoms with Gasteiger partial charge in [-0.3, -0.25) is 4.79 Å². The van der Waals surface area contributed by atoms with Gasteiger partial charge in [0.1, 0.15) is 0 Å². The quantitative estimate of drug-likeness (QED) is 0.446. The van der Waals surface area contributed by atoms with E-state index in [1.54, 1.807) is 14.2 Å². The number of rotatable bonds is 4. The maximum absolute atomic E-state index is 13.8. The number of benzene rings is 3. The Morgan fingerprint density at radius 1 is 0.939 bits per heavy atom. The van der Waals surface area contributed by atoms with Crippen LogP contribution in [0.4, 0.5) is 0 Å². The van der Waals surface area contributed by atoms with Gasteiger partial charge in [0.2, 0.25) is 0 Å². The van der Waals surface area contributed by atoms with Gasteiger partial charge in [-0.15, -0.1) is 0 Å². The van der Waals surface area contributed by atoms with Crippen molar-refractivity contribution in [2.45, 2.75) is 38.6 Å². The second-order valence-electron chi connectivity index (χ2n) is 9.41. The molecule has 1 amide bonds. The molecular formula is C28H30ClNO3. The number of nitrogens with zero attached hydrogens (tertiary/aromatic N) is 1. The van der Waals surface area contributed by atoms with E-state index in [4.69, 9.17) is 21.1 Å². The number of fused-ring (bicyclic) bond motifs is 1. The lowest BCUT2D eigenvalue weighted by Crippen LogP contribution is -2.40. The fraction of sp³-hybridized carbons (Fsp3) is 0.321. The average Bonchev–Trinajstić information content (AvgIpc) is 2.82. The Kier molecular flexibility index (Phi) is 6.40. The SMILES string of the molecule is COc1cc2c(cc1OC)[C@@H](c1ccccc1Cl)N(C(=O)c1ccc(C(C)(C)C)cc1)CC2. The average molecular weight is 464 g/mol. The highest BCUT2D eigenvalue weighted by Gasteiger charge is 2.35. The van der Waals surface area contributed by atoms with Gasteiger partial charge in [0.05, 0.1) is 20.3 Å². The van der Waals surface area contributed by atoms with E-state index < -0.39 is 0 Å². The third-order valence-corrected chi connectivity index (χ3v) is 6.68. The molecule has 0 fully saturated rings. The van der Waals surface area contributed by atoms with Gasteiger partial charge < -0.3 is 14.4 Å². The summed E-state index contributed by atoms with van der Waals surface area (Å²) in [5.74, 6) is 1.31. The van der Waals surface area contributed by atoms with Crippen molar-refractivity contribution in [3.05, 3.63) is 93.5 Å². The van der Waals surface area contributed by atoms with Gasteiger partial charge in [0, 0.05) is 17.1 Å². The highest BCUT2D eigenvalue weighted by molar-refractivity contribution is 6.31. The zero-order chi connectivity index (χ0) is 23.8. The molecule has 1 atom stereocenters. The Bertz CT molecular complexity index is 1160. The van der Waals surface area contributed by atoms with Crippen LogP contribution in [0.2, 0.25) is 5.02 Å². The van der Waals surface area contributed by atoms with Crippen LogP contribution in [0.1, 0.15) is 59.4 Å². The number of carbonyl (C=O) groups excluding carboxylic acids is 1. The van der Waals surface area contributed by atoms with E-state index in [1.165, 1.54) is 5.56 Å². The molecule has 0 aromatic heterocycles. The molecule has 4 rings (SSSR count). The molecule has 0 saturated carbocycles. The van der Waals surface area contributed by atoms with Crippen LogP contribution in [0.25, 0.3) is 0 Å². The summed E-state index contributed by atoms with van der Waals surface area (Å²) < 4.78 is 11.1. The van der Waals surface area contributed by atoms with Crippen LogP contribution in [0, 0.1) is 0 Å². The molecule has 0 radical (unpaired) electrons. The fourth-order valence-electron chi connectivity index (χ4n) is 4.48. The molecular weight excluding hydrogens is 434 g/mol. The highest BCUT2D eigenvalue weighted by atomic mass is 35.5. The van der Waals surface area contributed by atoms with Crippen molar-refractivity contribution in [2.75, 3.05) is 20.8 Å². The standard InChI is InChI=1S/C28H30ClNO3/c1-28(2,3)20-12-10-18(11-13-20)27(31)30-15-14-19-16-24(32-4)25(33-5)17-22(19)26(30)21-8-6-7-9-23(21)29/h6-13,16-17,26H,14-15H2,1-5H3/t26-/m1/s1. The third-order valence-electron chi connectivity index (χ3n) is 6.33.